The molecule has 0 amide bonds. The summed E-state index contributed by atoms with van der Waals surface area (Å²) in [4.78, 5) is 5.08. The summed E-state index contributed by atoms with van der Waals surface area (Å²) in [5, 5.41) is 0. The minimum atomic E-state index is 0. The summed E-state index contributed by atoms with van der Waals surface area (Å²) in [5.74, 6) is 0. The number of rotatable bonds is 0. The van der Waals surface area contributed by atoms with E-state index >= 15 is 0 Å². The molecule has 0 aliphatic carbocycles. The maximum Gasteiger partial charge on any atom is 0.0110 e. The summed E-state index contributed by atoms with van der Waals surface area (Å²) >= 11 is 0. The van der Waals surface area contributed by atoms with Gasteiger partial charge in [0.05, 0.1) is 0 Å². The Balaban J connectivity index is 0.000000405. The molecule has 3 aliphatic rings. The Morgan fingerprint density at radius 3 is 0.800 bits per heavy atom. The molecule has 0 spiro atoms. The van der Waals surface area contributed by atoms with Gasteiger partial charge in [0.25, 0.3) is 0 Å². The molecule has 0 aromatic heterocycles. The van der Waals surface area contributed by atoms with Gasteiger partial charge in [0, 0.05) is 39.3 Å². The Morgan fingerprint density at radius 2 is 0.700 bits per heavy atom. The van der Waals surface area contributed by atoms with Crippen LogP contribution in [0.3, 0.4) is 0 Å². The normalized spacial score (nSPS) is 36.0. The third kappa shape index (κ3) is 2.19. The lowest BCUT2D eigenvalue weighted by Gasteiger charge is -2.41. The van der Waals surface area contributed by atoms with Gasteiger partial charge < -0.3 is 0 Å². The van der Waals surface area contributed by atoms with Crippen molar-refractivity contribution in [1.82, 2.24) is 9.80 Å². The van der Waals surface area contributed by atoms with E-state index in [0.29, 0.717) is 0 Å². The van der Waals surface area contributed by atoms with Gasteiger partial charge in [-0.3, -0.25) is 9.80 Å². The molecule has 3 fully saturated rings. The van der Waals surface area contributed by atoms with Crippen LogP contribution in [0.25, 0.3) is 0 Å². The summed E-state index contributed by atoms with van der Waals surface area (Å²) in [6.45, 7) is 7.92. The van der Waals surface area contributed by atoms with E-state index in [0.717, 1.165) is 0 Å². The Morgan fingerprint density at radius 1 is 0.500 bits per heavy atom. The first-order valence-corrected chi connectivity index (χ1v) is 3.40. The Kier molecular flexibility index (Phi) is 5.11. The van der Waals surface area contributed by atoms with Crippen LogP contribution in [0.15, 0.2) is 0 Å². The largest absolute Gasteiger partial charge is 0.300 e. The van der Waals surface area contributed by atoms with E-state index in [9.17, 15) is 0 Å². The molecule has 2 nitrogen and oxygen atoms in total. The summed E-state index contributed by atoms with van der Waals surface area (Å²) in [5.41, 5.74) is 0. The van der Waals surface area contributed by atoms with Gasteiger partial charge in [-0.05, 0) is 0 Å². The molecule has 0 aromatic carbocycles. The van der Waals surface area contributed by atoms with Crippen LogP contribution in [0, 0.1) is 0 Å². The molecule has 0 radical (unpaired) electrons. The van der Waals surface area contributed by atoms with E-state index in [-0.39, 0.29) is 34.0 Å². The van der Waals surface area contributed by atoms with Crippen molar-refractivity contribution in [3.8, 4) is 0 Å². The van der Waals surface area contributed by atoms with E-state index < -0.39 is 0 Å². The summed E-state index contributed by atoms with van der Waals surface area (Å²) in [6, 6.07) is 0. The van der Waals surface area contributed by atoms with Gasteiger partial charge in [-0.15, -0.1) is 34.0 Å². The van der Waals surface area contributed by atoms with E-state index in [2.05, 4.69) is 9.80 Å². The Bertz CT molecular complexity index is 68.7. The van der Waals surface area contributed by atoms with Crippen molar-refractivity contribution >= 4 is 34.0 Å². The van der Waals surface area contributed by atoms with Crippen LogP contribution in [-0.4, -0.2) is 49.1 Å². The predicted octanol–water partition coefficient (Wildman–Crippen LogP) is 0.773. The fraction of sp³-hybridized carbons (Fsp3) is 1.00. The molecule has 3 heterocycles. The molecule has 10 heavy (non-hydrogen) atoms. The zero-order valence-electron chi connectivity index (χ0n) is 5.95. The zero-order valence-corrected chi connectivity index (χ0v) is 9.38. The number of halogens is 2. The molecule has 3 saturated heterocycles. The quantitative estimate of drug-likeness (QED) is 0.644. The monoisotopic (exact) mass is 272 g/mol. The molecule has 0 saturated carbocycles. The first-order valence-electron chi connectivity index (χ1n) is 3.40. The minimum Gasteiger partial charge on any atom is -0.300 e. The van der Waals surface area contributed by atoms with Gasteiger partial charge in [0.1, 0.15) is 0 Å². The second-order valence-corrected chi connectivity index (χ2v) is 2.68. The van der Waals surface area contributed by atoms with Gasteiger partial charge in [-0.1, -0.05) is 0 Å². The molecule has 2 bridgehead atoms. The lowest BCUT2D eigenvalue weighted by atomic mass is 10.2. The zero-order chi connectivity index (χ0) is 5.40. The fourth-order valence-corrected chi connectivity index (χ4v) is 1.52. The third-order valence-electron chi connectivity index (χ3n) is 2.20. The van der Waals surface area contributed by atoms with E-state index in [1.807, 2.05) is 0 Å². The number of nitrogens with zero attached hydrogens (tertiary/aromatic N) is 2. The standard InChI is InChI=1S/C6H12N2.2BrH/c1-2-8-5-3-7(1)4-6-8;;/h1-6H2;2*1H. The van der Waals surface area contributed by atoms with Crippen molar-refractivity contribution in [2.24, 2.45) is 0 Å². The van der Waals surface area contributed by atoms with Crippen LogP contribution in [0.2, 0.25) is 0 Å². The van der Waals surface area contributed by atoms with Gasteiger partial charge in [-0.2, -0.15) is 0 Å². The summed E-state index contributed by atoms with van der Waals surface area (Å²) in [7, 11) is 0. The molecule has 0 N–H and O–H groups in total. The highest BCUT2D eigenvalue weighted by Gasteiger charge is 2.21. The molecule has 0 unspecified atom stereocenters. The number of hydrogen-bond donors (Lipinski definition) is 0. The number of piperazine rings is 3. The van der Waals surface area contributed by atoms with Gasteiger partial charge in [0.15, 0.2) is 0 Å². The SMILES string of the molecule is Br.Br.C1CN2CCN1CC2. The molecule has 0 aromatic rings. The molecular weight excluding hydrogens is 260 g/mol. The van der Waals surface area contributed by atoms with Crippen LogP contribution in [0.1, 0.15) is 0 Å². The number of hydrogen-bond acceptors (Lipinski definition) is 2. The van der Waals surface area contributed by atoms with Gasteiger partial charge in [0.2, 0.25) is 0 Å². The van der Waals surface area contributed by atoms with E-state index in [4.69, 9.17) is 0 Å². The molecule has 62 valence electrons. The van der Waals surface area contributed by atoms with Crippen molar-refractivity contribution in [2.75, 3.05) is 39.3 Å². The first kappa shape index (κ1) is 10.9. The van der Waals surface area contributed by atoms with Crippen LogP contribution >= 0.6 is 34.0 Å². The molecular formula is C6H14Br2N2. The van der Waals surface area contributed by atoms with Crippen molar-refractivity contribution in [3.05, 3.63) is 0 Å². The van der Waals surface area contributed by atoms with E-state index in [1.54, 1.807) is 0 Å². The molecule has 4 heteroatoms. The number of fused-ring (bicyclic) bond motifs is 3. The van der Waals surface area contributed by atoms with Crippen molar-refractivity contribution in [3.63, 3.8) is 0 Å². The Hall–Kier alpha value is 0.880. The highest BCUT2D eigenvalue weighted by atomic mass is 79.9. The average Bonchev–Trinajstić information content (AvgIpc) is 1.92. The fourth-order valence-electron chi connectivity index (χ4n) is 1.52. The van der Waals surface area contributed by atoms with Crippen LogP contribution < -0.4 is 0 Å². The van der Waals surface area contributed by atoms with Gasteiger partial charge >= 0.3 is 0 Å². The second kappa shape index (κ2) is 4.70. The lowest BCUT2D eigenvalue weighted by molar-refractivity contribution is 0.0647. The van der Waals surface area contributed by atoms with E-state index in [1.165, 1.54) is 39.3 Å². The molecule has 3 aliphatic heterocycles. The van der Waals surface area contributed by atoms with Crippen molar-refractivity contribution in [1.29, 1.82) is 0 Å². The maximum absolute atomic E-state index is 2.54. The Labute approximate surface area is 83.1 Å². The average molecular weight is 274 g/mol. The molecule has 3 rings (SSSR count). The van der Waals surface area contributed by atoms with Crippen LogP contribution in [0.5, 0.6) is 0 Å². The van der Waals surface area contributed by atoms with Crippen molar-refractivity contribution in [2.45, 2.75) is 0 Å². The summed E-state index contributed by atoms with van der Waals surface area (Å²) < 4.78 is 0. The summed E-state index contributed by atoms with van der Waals surface area (Å²) in [6.07, 6.45) is 0. The topological polar surface area (TPSA) is 6.48 Å². The highest BCUT2D eigenvalue weighted by molar-refractivity contribution is 8.93. The van der Waals surface area contributed by atoms with Crippen molar-refractivity contribution < 1.29 is 0 Å². The third-order valence-corrected chi connectivity index (χ3v) is 2.20. The predicted molar refractivity (Wildman–Crippen MR) is 53.5 cm³/mol. The van der Waals surface area contributed by atoms with Gasteiger partial charge in [-0.25, -0.2) is 0 Å². The second-order valence-electron chi connectivity index (χ2n) is 2.68. The van der Waals surface area contributed by atoms with Crippen LogP contribution in [0.4, 0.5) is 0 Å². The smallest absolute Gasteiger partial charge is 0.0110 e. The van der Waals surface area contributed by atoms with Crippen LogP contribution in [-0.2, 0) is 0 Å². The maximum atomic E-state index is 2.54. The lowest BCUT2D eigenvalue weighted by Crippen LogP contribution is -2.55. The minimum absolute atomic E-state index is 0. The molecule has 0 atom stereocenters. The highest BCUT2D eigenvalue weighted by Crippen LogP contribution is 2.06. The first-order chi connectivity index (χ1) is 3.95.